The Morgan fingerprint density at radius 3 is 2.50 bits per heavy atom. The van der Waals surface area contributed by atoms with Gasteiger partial charge < -0.3 is 5.32 Å². The van der Waals surface area contributed by atoms with E-state index in [9.17, 15) is 8.42 Å². The van der Waals surface area contributed by atoms with Crippen LogP contribution < -0.4 is 10.0 Å². The second-order valence-electron chi connectivity index (χ2n) is 5.14. The van der Waals surface area contributed by atoms with Crippen molar-refractivity contribution in [3.05, 3.63) is 0 Å². The van der Waals surface area contributed by atoms with Crippen LogP contribution >= 0.6 is 11.8 Å². The number of sulfonamides is 1. The molecule has 6 heteroatoms. The molecule has 1 saturated heterocycles. The molecule has 0 aromatic carbocycles. The average molecular weight is 294 g/mol. The first-order valence-corrected chi connectivity index (χ1v) is 9.61. The summed E-state index contributed by atoms with van der Waals surface area (Å²) >= 11 is 1.91. The molecule has 1 rings (SSSR count). The summed E-state index contributed by atoms with van der Waals surface area (Å²) in [6.45, 7) is 5.09. The second-order valence-corrected chi connectivity index (χ2v) is 8.24. The van der Waals surface area contributed by atoms with Crippen LogP contribution in [0.3, 0.4) is 0 Å². The Balaban J connectivity index is 2.14. The summed E-state index contributed by atoms with van der Waals surface area (Å²) in [6, 6.07) is 0.643. The molecule has 0 saturated carbocycles. The first-order chi connectivity index (χ1) is 8.49. The Bertz CT molecular complexity index is 312. The summed E-state index contributed by atoms with van der Waals surface area (Å²) in [5.41, 5.74) is 0. The molecule has 1 aliphatic heterocycles. The van der Waals surface area contributed by atoms with Gasteiger partial charge in [-0.05, 0) is 43.7 Å². The second kappa shape index (κ2) is 8.40. The highest BCUT2D eigenvalue weighted by atomic mass is 32.2. The predicted molar refractivity (Wildman–Crippen MR) is 79.6 cm³/mol. The molecule has 18 heavy (non-hydrogen) atoms. The summed E-state index contributed by atoms with van der Waals surface area (Å²) in [7, 11) is -3.07. The zero-order chi connectivity index (χ0) is 13.4. The minimum atomic E-state index is -3.07. The van der Waals surface area contributed by atoms with Gasteiger partial charge in [-0.3, -0.25) is 0 Å². The highest BCUT2D eigenvalue weighted by Crippen LogP contribution is 2.17. The van der Waals surface area contributed by atoms with E-state index in [2.05, 4.69) is 23.9 Å². The van der Waals surface area contributed by atoms with E-state index in [1.54, 1.807) is 0 Å². The van der Waals surface area contributed by atoms with Crippen molar-refractivity contribution in [1.82, 2.24) is 10.0 Å². The smallest absolute Gasteiger partial charge is 0.211 e. The van der Waals surface area contributed by atoms with Crippen LogP contribution in [0.2, 0.25) is 0 Å². The minimum absolute atomic E-state index is 0.171. The highest BCUT2D eigenvalue weighted by molar-refractivity contribution is 7.99. The summed E-state index contributed by atoms with van der Waals surface area (Å²) < 4.78 is 26.5. The van der Waals surface area contributed by atoms with E-state index < -0.39 is 10.0 Å². The van der Waals surface area contributed by atoms with Crippen LogP contribution in [0, 0.1) is 0 Å². The number of thioether (sulfide) groups is 1. The normalized spacial score (nSPS) is 18.4. The third-order valence-electron chi connectivity index (χ3n) is 2.96. The van der Waals surface area contributed by atoms with E-state index >= 15 is 0 Å². The first kappa shape index (κ1) is 16.3. The fraction of sp³-hybridized carbons (Fsp3) is 1.00. The van der Waals surface area contributed by atoms with Gasteiger partial charge in [0.25, 0.3) is 0 Å². The quantitative estimate of drug-likeness (QED) is 0.667. The maximum Gasteiger partial charge on any atom is 0.211 e. The molecule has 0 radical (unpaired) electrons. The molecule has 0 aromatic rings. The fourth-order valence-corrected chi connectivity index (χ4v) is 4.49. The molecule has 1 fully saturated rings. The van der Waals surface area contributed by atoms with Gasteiger partial charge >= 0.3 is 0 Å². The molecule has 4 nitrogen and oxygen atoms in total. The molecule has 1 aliphatic rings. The molecule has 0 bridgehead atoms. The molecule has 0 aliphatic carbocycles. The molecule has 108 valence electrons. The first-order valence-electron chi connectivity index (χ1n) is 6.81. The van der Waals surface area contributed by atoms with Crippen molar-refractivity contribution in [2.75, 3.05) is 23.8 Å². The maximum atomic E-state index is 11.9. The van der Waals surface area contributed by atoms with Crippen molar-refractivity contribution in [3.63, 3.8) is 0 Å². The van der Waals surface area contributed by atoms with E-state index in [-0.39, 0.29) is 11.8 Å². The minimum Gasteiger partial charge on any atom is -0.315 e. The van der Waals surface area contributed by atoms with Crippen molar-refractivity contribution in [1.29, 1.82) is 0 Å². The lowest BCUT2D eigenvalue weighted by Crippen LogP contribution is -2.38. The van der Waals surface area contributed by atoms with E-state index in [0.717, 1.165) is 43.7 Å². The van der Waals surface area contributed by atoms with E-state index in [4.69, 9.17) is 0 Å². The van der Waals surface area contributed by atoms with Crippen molar-refractivity contribution < 1.29 is 8.42 Å². The Morgan fingerprint density at radius 2 is 1.89 bits per heavy atom. The SMILES string of the molecule is CC(C)NCCCCS(=O)(=O)NC1CCSCC1. The third kappa shape index (κ3) is 7.61. The lowest BCUT2D eigenvalue weighted by molar-refractivity contribution is 0.523. The summed E-state index contributed by atoms with van der Waals surface area (Å²) in [4.78, 5) is 0. The standard InChI is InChI=1S/C12H26N2O2S2/c1-11(2)13-7-3-4-10-18(15,16)14-12-5-8-17-9-6-12/h11-14H,3-10H2,1-2H3. The number of hydrogen-bond donors (Lipinski definition) is 2. The van der Waals surface area contributed by atoms with Gasteiger partial charge in [-0.2, -0.15) is 11.8 Å². The lowest BCUT2D eigenvalue weighted by atomic mass is 10.2. The molecule has 1 heterocycles. The van der Waals surface area contributed by atoms with Crippen molar-refractivity contribution in [2.45, 2.75) is 51.6 Å². The zero-order valence-electron chi connectivity index (χ0n) is 11.4. The summed E-state index contributed by atoms with van der Waals surface area (Å²) in [5.74, 6) is 2.41. The van der Waals surface area contributed by atoms with Gasteiger partial charge in [0.1, 0.15) is 0 Å². The van der Waals surface area contributed by atoms with Gasteiger partial charge in [0.05, 0.1) is 5.75 Å². The number of unbranched alkanes of at least 4 members (excludes halogenated alkanes) is 1. The molecular weight excluding hydrogens is 268 g/mol. The van der Waals surface area contributed by atoms with Gasteiger partial charge in [0.2, 0.25) is 10.0 Å². The number of rotatable bonds is 8. The Morgan fingerprint density at radius 1 is 1.22 bits per heavy atom. The summed E-state index contributed by atoms with van der Waals surface area (Å²) in [6.07, 6.45) is 3.59. The number of hydrogen-bond acceptors (Lipinski definition) is 4. The third-order valence-corrected chi connectivity index (χ3v) is 5.53. The van der Waals surface area contributed by atoms with Crippen LogP contribution in [0.1, 0.15) is 39.5 Å². The topological polar surface area (TPSA) is 58.2 Å². The van der Waals surface area contributed by atoms with Gasteiger partial charge in [-0.1, -0.05) is 13.8 Å². The molecule has 0 unspecified atom stereocenters. The van der Waals surface area contributed by atoms with Crippen LogP contribution in [0.15, 0.2) is 0 Å². The average Bonchev–Trinajstić information content (AvgIpc) is 2.28. The van der Waals surface area contributed by atoms with Gasteiger partial charge in [0, 0.05) is 12.1 Å². The van der Waals surface area contributed by atoms with Gasteiger partial charge in [-0.25, -0.2) is 13.1 Å². The molecular formula is C12H26N2O2S2. The molecule has 0 spiro atoms. The van der Waals surface area contributed by atoms with Crippen LogP contribution in [0.5, 0.6) is 0 Å². The van der Waals surface area contributed by atoms with Crippen LogP contribution in [0.4, 0.5) is 0 Å². The van der Waals surface area contributed by atoms with E-state index in [0.29, 0.717) is 6.04 Å². The Labute approximate surface area is 116 Å². The Hall–Kier alpha value is 0.220. The number of nitrogens with one attached hydrogen (secondary N) is 2. The van der Waals surface area contributed by atoms with Crippen molar-refractivity contribution in [3.8, 4) is 0 Å². The predicted octanol–water partition coefficient (Wildman–Crippen LogP) is 1.58. The van der Waals surface area contributed by atoms with Gasteiger partial charge in [0.15, 0.2) is 0 Å². The highest BCUT2D eigenvalue weighted by Gasteiger charge is 2.19. The zero-order valence-corrected chi connectivity index (χ0v) is 13.1. The van der Waals surface area contributed by atoms with Crippen LogP contribution in [0.25, 0.3) is 0 Å². The molecule has 2 N–H and O–H groups in total. The van der Waals surface area contributed by atoms with Crippen LogP contribution in [-0.4, -0.2) is 44.3 Å². The molecule has 0 amide bonds. The summed E-state index contributed by atoms with van der Waals surface area (Å²) in [5, 5.41) is 3.30. The van der Waals surface area contributed by atoms with E-state index in [1.165, 1.54) is 0 Å². The fourth-order valence-electron chi connectivity index (χ4n) is 1.94. The Kier molecular flexibility index (Phi) is 7.60. The maximum absolute atomic E-state index is 11.9. The lowest BCUT2D eigenvalue weighted by Gasteiger charge is -2.22. The largest absolute Gasteiger partial charge is 0.315 e. The molecule has 0 atom stereocenters. The van der Waals surface area contributed by atoms with Crippen LogP contribution in [-0.2, 0) is 10.0 Å². The van der Waals surface area contributed by atoms with Crippen molar-refractivity contribution >= 4 is 21.8 Å². The van der Waals surface area contributed by atoms with Gasteiger partial charge in [-0.15, -0.1) is 0 Å². The van der Waals surface area contributed by atoms with Crippen molar-refractivity contribution in [2.24, 2.45) is 0 Å². The van der Waals surface area contributed by atoms with E-state index in [1.807, 2.05) is 11.8 Å². The monoisotopic (exact) mass is 294 g/mol. The molecule has 0 aromatic heterocycles.